The maximum atomic E-state index is 12.0. The third-order valence-corrected chi connectivity index (χ3v) is 3.72. The second-order valence-corrected chi connectivity index (χ2v) is 5.29. The quantitative estimate of drug-likeness (QED) is 0.599. The summed E-state index contributed by atoms with van der Waals surface area (Å²) in [6.07, 6.45) is 0.799. The predicted molar refractivity (Wildman–Crippen MR) is 60.4 cm³/mol. The van der Waals surface area contributed by atoms with Crippen LogP contribution in [0.1, 0.15) is 5.56 Å². The van der Waals surface area contributed by atoms with Gasteiger partial charge in [0, 0.05) is 5.10 Å². The fraction of sp³-hybridized carbons (Fsp3) is 0.111. The summed E-state index contributed by atoms with van der Waals surface area (Å²) < 4.78 is 24.5. The fourth-order valence-electron chi connectivity index (χ4n) is 1.26. The standard InChI is InChI=1S/C9H8N4O4S/c1-7-2-4-8(5-3-7)18(16,17)12-6-10-9(11-12)13(14)15/h2-6H,1H3. The number of nitro groups is 1. The van der Waals surface area contributed by atoms with Crippen LogP contribution in [-0.4, -0.2) is 27.5 Å². The summed E-state index contributed by atoms with van der Waals surface area (Å²) in [7, 11) is -3.93. The molecule has 0 spiro atoms. The number of aryl methyl sites for hydroxylation is 1. The van der Waals surface area contributed by atoms with Crippen LogP contribution in [0.15, 0.2) is 35.5 Å². The summed E-state index contributed by atoms with van der Waals surface area (Å²) >= 11 is 0. The Kier molecular flexibility index (Phi) is 2.83. The molecular weight excluding hydrogens is 260 g/mol. The monoisotopic (exact) mass is 268 g/mol. The minimum Gasteiger partial charge on any atom is -0.390 e. The summed E-state index contributed by atoms with van der Waals surface area (Å²) in [6, 6.07) is 6.05. The third-order valence-electron chi connectivity index (χ3n) is 2.19. The summed E-state index contributed by atoms with van der Waals surface area (Å²) in [5.41, 5.74) is 0.901. The maximum absolute atomic E-state index is 12.0. The normalized spacial score (nSPS) is 11.4. The van der Waals surface area contributed by atoms with Gasteiger partial charge >= 0.3 is 5.95 Å². The second-order valence-electron chi connectivity index (χ2n) is 3.49. The number of aromatic nitrogens is 3. The van der Waals surface area contributed by atoms with Crippen molar-refractivity contribution in [1.82, 2.24) is 14.2 Å². The molecule has 1 heterocycles. The number of rotatable bonds is 3. The summed E-state index contributed by atoms with van der Waals surface area (Å²) in [6.45, 7) is 1.82. The zero-order chi connectivity index (χ0) is 13.3. The molecule has 0 aliphatic carbocycles. The van der Waals surface area contributed by atoms with Crippen molar-refractivity contribution in [2.45, 2.75) is 11.8 Å². The van der Waals surface area contributed by atoms with Gasteiger partial charge in [-0.15, -0.1) is 0 Å². The van der Waals surface area contributed by atoms with E-state index in [0.29, 0.717) is 4.09 Å². The van der Waals surface area contributed by atoms with E-state index in [1.807, 2.05) is 6.92 Å². The highest BCUT2D eigenvalue weighted by atomic mass is 32.2. The number of nitrogens with zero attached hydrogens (tertiary/aromatic N) is 4. The third kappa shape index (κ3) is 2.07. The van der Waals surface area contributed by atoms with E-state index in [9.17, 15) is 18.5 Å². The molecule has 1 aromatic heterocycles. The summed E-state index contributed by atoms with van der Waals surface area (Å²) in [5.74, 6) is -0.759. The van der Waals surface area contributed by atoms with Crippen LogP contribution in [-0.2, 0) is 10.0 Å². The van der Waals surface area contributed by atoms with E-state index in [1.165, 1.54) is 12.1 Å². The van der Waals surface area contributed by atoms with Gasteiger partial charge in [-0.2, -0.15) is 8.42 Å². The molecule has 0 unspecified atom stereocenters. The number of benzene rings is 1. The minimum absolute atomic E-state index is 0.00658. The molecule has 0 aliphatic heterocycles. The topological polar surface area (TPSA) is 108 Å². The van der Waals surface area contributed by atoms with Crippen LogP contribution in [0.3, 0.4) is 0 Å². The fourth-order valence-corrected chi connectivity index (χ4v) is 2.31. The van der Waals surface area contributed by atoms with Gasteiger partial charge in [-0.05, 0) is 29.0 Å². The molecule has 0 fully saturated rings. The Morgan fingerprint density at radius 2 is 1.89 bits per heavy atom. The molecule has 1 aromatic carbocycles. The molecule has 0 amide bonds. The average molecular weight is 268 g/mol. The van der Waals surface area contributed by atoms with Gasteiger partial charge in [0.05, 0.1) is 4.90 Å². The van der Waals surface area contributed by atoms with E-state index in [1.54, 1.807) is 12.1 Å². The Bertz CT molecular complexity index is 690. The van der Waals surface area contributed by atoms with Crippen LogP contribution in [0.25, 0.3) is 0 Å². The van der Waals surface area contributed by atoms with Gasteiger partial charge in [0.15, 0.2) is 0 Å². The molecule has 0 saturated carbocycles. The zero-order valence-corrected chi connectivity index (χ0v) is 10.0. The lowest BCUT2D eigenvalue weighted by molar-refractivity contribution is -0.394. The predicted octanol–water partition coefficient (Wildman–Crippen LogP) is 0.732. The van der Waals surface area contributed by atoms with Gasteiger partial charge in [-0.3, -0.25) is 0 Å². The molecule has 8 nitrogen and oxygen atoms in total. The number of hydrogen-bond donors (Lipinski definition) is 0. The molecule has 9 heteroatoms. The lowest BCUT2D eigenvalue weighted by atomic mass is 10.2. The van der Waals surface area contributed by atoms with Crippen LogP contribution in [0.5, 0.6) is 0 Å². The smallest absolute Gasteiger partial charge is 0.390 e. The average Bonchev–Trinajstić information content (AvgIpc) is 2.79. The van der Waals surface area contributed by atoms with Crippen molar-refractivity contribution < 1.29 is 13.3 Å². The van der Waals surface area contributed by atoms with Crippen LogP contribution >= 0.6 is 0 Å². The van der Waals surface area contributed by atoms with Gasteiger partial charge in [0.25, 0.3) is 10.0 Å². The molecule has 0 atom stereocenters. The van der Waals surface area contributed by atoms with E-state index in [-0.39, 0.29) is 4.90 Å². The molecule has 94 valence electrons. The van der Waals surface area contributed by atoms with E-state index in [0.717, 1.165) is 11.9 Å². The summed E-state index contributed by atoms with van der Waals surface area (Å²) in [5, 5.41) is 13.7. The minimum atomic E-state index is -3.93. The second kappa shape index (κ2) is 4.18. The van der Waals surface area contributed by atoms with Crippen molar-refractivity contribution in [3.05, 3.63) is 46.3 Å². The van der Waals surface area contributed by atoms with E-state index >= 15 is 0 Å². The Labute approximate surface area is 102 Å². The van der Waals surface area contributed by atoms with Crippen molar-refractivity contribution >= 4 is 16.0 Å². The van der Waals surface area contributed by atoms with Crippen molar-refractivity contribution in [2.24, 2.45) is 0 Å². The van der Waals surface area contributed by atoms with Gasteiger partial charge in [0.1, 0.15) is 0 Å². The zero-order valence-electron chi connectivity index (χ0n) is 9.22. The van der Waals surface area contributed by atoms with Crippen LogP contribution < -0.4 is 0 Å². The van der Waals surface area contributed by atoms with Gasteiger partial charge in [-0.25, -0.2) is 0 Å². The van der Waals surface area contributed by atoms with Crippen molar-refractivity contribution in [3.63, 3.8) is 0 Å². The molecule has 0 radical (unpaired) electrons. The number of hydrogen-bond acceptors (Lipinski definition) is 6. The van der Waals surface area contributed by atoms with Crippen molar-refractivity contribution in [1.29, 1.82) is 0 Å². The molecular formula is C9H8N4O4S. The molecule has 0 saturated heterocycles. The molecule has 18 heavy (non-hydrogen) atoms. The largest absolute Gasteiger partial charge is 0.492 e. The molecule has 2 aromatic rings. The first kappa shape index (κ1) is 12.2. The molecule has 0 aliphatic rings. The first-order valence-corrected chi connectivity index (χ1v) is 6.23. The molecule has 2 rings (SSSR count). The molecule has 0 N–H and O–H groups in total. The van der Waals surface area contributed by atoms with E-state index in [2.05, 4.69) is 10.1 Å². The highest BCUT2D eigenvalue weighted by molar-refractivity contribution is 7.89. The summed E-state index contributed by atoms with van der Waals surface area (Å²) in [4.78, 5) is 12.8. The van der Waals surface area contributed by atoms with E-state index in [4.69, 9.17) is 0 Å². The van der Waals surface area contributed by atoms with Crippen LogP contribution in [0, 0.1) is 17.0 Å². The SMILES string of the molecule is Cc1ccc(S(=O)(=O)n2cnc([N+](=O)[O-])n2)cc1. The van der Waals surface area contributed by atoms with E-state index < -0.39 is 20.9 Å². The first-order valence-electron chi connectivity index (χ1n) is 4.79. The Morgan fingerprint density at radius 3 is 2.39 bits per heavy atom. The maximum Gasteiger partial charge on any atom is 0.492 e. The van der Waals surface area contributed by atoms with Crippen LogP contribution in [0.2, 0.25) is 0 Å². The highest BCUT2D eigenvalue weighted by Crippen LogP contribution is 2.14. The molecule has 0 bridgehead atoms. The lowest BCUT2D eigenvalue weighted by Crippen LogP contribution is -2.13. The van der Waals surface area contributed by atoms with Gasteiger partial charge in [0.2, 0.25) is 6.33 Å². The first-order chi connectivity index (χ1) is 8.41. The van der Waals surface area contributed by atoms with Crippen LogP contribution in [0.4, 0.5) is 5.95 Å². The van der Waals surface area contributed by atoms with Crippen molar-refractivity contribution in [2.75, 3.05) is 0 Å². The Balaban J connectivity index is 2.47. The lowest BCUT2D eigenvalue weighted by Gasteiger charge is -2.00. The van der Waals surface area contributed by atoms with Crippen molar-refractivity contribution in [3.8, 4) is 0 Å². The van der Waals surface area contributed by atoms with Gasteiger partial charge in [-0.1, -0.05) is 21.8 Å². The van der Waals surface area contributed by atoms with Gasteiger partial charge < -0.3 is 10.1 Å². The Morgan fingerprint density at radius 1 is 1.28 bits per heavy atom. The highest BCUT2D eigenvalue weighted by Gasteiger charge is 2.24. The Hall–Kier alpha value is -2.29.